The molecular formula is C17H32N4O3. The Morgan fingerprint density at radius 3 is 2.29 bits per heavy atom. The fraction of sp³-hybridized carbons (Fsp3) is 0.882. The van der Waals surface area contributed by atoms with E-state index < -0.39 is 0 Å². The average Bonchev–Trinajstić information content (AvgIpc) is 2.54. The standard InChI is InChI=1S/C17H32N4O3/c1-5-18-17(23)20-8-6-15(7-9-20)19-16(22)14(4)21-10-12(2)24-13(3)11-21/h12-15H,5-11H2,1-4H3,(H,18,23)(H,19,22)/t12-,13+,14-/m0/s1. The van der Waals surface area contributed by atoms with Crippen molar-refractivity contribution >= 4 is 11.9 Å². The number of carbonyl (C=O) groups is 2. The molecule has 0 radical (unpaired) electrons. The van der Waals surface area contributed by atoms with Crippen LogP contribution < -0.4 is 10.6 Å². The zero-order valence-electron chi connectivity index (χ0n) is 15.4. The normalized spacial score (nSPS) is 27.6. The molecule has 138 valence electrons. The van der Waals surface area contributed by atoms with Gasteiger partial charge in [-0.3, -0.25) is 9.69 Å². The summed E-state index contributed by atoms with van der Waals surface area (Å²) in [5.74, 6) is 0.0766. The van der Waals surface area contributed by atoms with Crippen molar-refractivity contribution in [1.82, 2.24) is 20.4 Å². The van der Waals surface area contributed by atoms with Crippen LogP contribution in [0, 0.1) is 0 Å². The van der Waals surface area contributed by atoms with Gasteiger partial charge < -0.3 is 20.3 Å². The number of ether oxygens (including phenoxy) is 1. The molecule has 2 fully saturated rings. The Hall–Kier alpha value is -1.34. The second-order valence-electron chi connectivity index (χ2n) is 6.99. The zero-order valence-corrected chi connectivity index (χ0v) is 15.4. The van der Waals surface area contributed by atoms with Crippen LogP contribution in [0.3, 0.4) is 0 Å². The van der Waals surface area contributed by atoms with E-state index in [1.807, 2.05) is 32.6 Å². The number of rotatable bonds is 4. The number of nitrogens with one attached hydrogen (secondary N) is 2. The molecule has 2 heterocycles. The summed E-state index contributed by atoms with van der Waals surface area (Å²) < 4.78 is 5.73. The van der Waals surface area contributed by atoms with Crippen LogP contribution in [0.15, 0.2) is 0 Å². The van der Waals surface area contributed by atoms with Gasteiger partial charge in [0.1, 0.15) is 0 Å². The summed E-state index contributed by atoms with van der Waals surface area (Å²) in [7, 11) is 0. The number of piperidine rings is 1. The third kappa shape index (κ3) is 5.08. The zero-order chi connectivity index (χ0) is 17.7. The van der Waals surface area contributed by atoms with Gasteiger partial charge in [0.25, 0.3) is 0 Å². The molecule has 2 aliphatic rings. The lowest BCUT2D eigenvalue weighted by atomic mass is 10.0. The second-order valence-corrected chi connectivity index (χ2v) is 6.99. The van der Waals surface area contributed by atoms with Gasteiger partial charge in [-0.15, -0.1) is 0 Å². The molecule has 0 bridgehead atoms. The van der Waals surface area contributed by atoms with Crippen molar-refractivity contribution in [2.24, 2.45) is 0 Å². The van der Waals surface area contributed by atoms with E-state index in [9.17, 15) is 9.59 Å². The smallest absolute Gasteiger partial charge is 0.317 e. The molecular weight excluding hydrogens is 308 g/mol. The Labute approximate surface area is 145 Å². The van der Waals surface area contributed by atoms with Crippen molar-refractivity contribution < 1.29 is 14.3 Å². The summed E-state index contributed by atoms with van der Waals surface area (Å²) >= 11 is 0. The molecule has 0 aromatic heterocycles. The third-order valence-electron chi connectivity index (χ3n) is 4.83. The number of likely N-dealkylation sites (tertiary alicyclic amines) is 1. The minimum atomic E-state index is -0.153. The fourth-order valence-electron chi connectivity index (χ4n) is 3.51. The quantitative estimate of drug-likeness (QED) is 0.794. The van der Waals surface area contributed by atoms with E-state index >= 15 is 0 Å². The maximum Gasteiger partial charge on any atom is 0.317 e. The van der Waals surface area contributed by atoms with Crippen molar-refractivity contribution in [2.45, 2.75) is 64.8 Å². The number of hydrogen-bond acceptors (Lipinski definition) is 4. The molecule has 7 nitrogen and oxygen atoms in total. The van der Waals surface area contributed by atoms with E-state index in [1.165, 1.54) is 0 Å². The van der Waals surface area contributed by atoms with E-state index in [-0.39, 0.29) is 36.2 Å². The lowest BCUT2D eigenvalue weighted by Gasteiger charge is -2.39. The highest BCUT2D eigenvalue weighted by Gasteiger charge is 2.31. The van der Waals surface area contributed by atoms with Crippen molar-refractivity contribution in [2.75, 3.05) is 32.7 Å². The summed E-state index contributed by atoms with van der Waals surface area (Å²) in [6.07, 6.45) is 1.94. The summed E-state index contributed by atoms with van der Waals surface area (Å²) in [5.41, 5.74) is 0. The molecule has 7 heteroatoms. The molecule has 0 aliphatic carbocycles. The molecule has 0 aromatic rings. The first-order valence-electron chi connectivity index (χ1n) is 9.13. The van der Waals surface area contributed by atoms with E-state index in [0.717, 1.165) is 25.9 Å². The minimum absolute atomic E-state index is 0.00747. The van der Waals surface area contributed by atoms with E-state index in [0.29, 0.717) is 19.6 Å². The Kier molecular flexibility index (Phi) is 6.86. The molecule has 2 saturated heterocycles. The molecule has 0 saturated carbocycles. The van der Waals surface area contributed by atoms with Crippen LogP contribution in [0.2, 0.25) is 0 Å². The first-order valence-corrected chi connectivity index (χ1v) is 9.13. The van der Waals surface area contributed by atoms with Gasteiger partial charge in [-0.05, 0) is 40.5 Å². The molecule has 2 N–H and O–H groups in total. The van der Waals surface area contributed by atoms with Crippen molar-refractivity contribution in [3.05, 3.63) is 0 Å². The summed E-state index contributed by atoms with van der Waals surface area (Å²) in [6, 6.07) is -0.00586. The topological polar surface area (TPSA) is 73.9 Å². The van der Waals surface area contributed by atoms with Gasteiger partial charge in [0.2, 0.25) is 5.91 Å². The molecule has 3 atom stereocenters. The molecule has 2 aliphatic heterocycles. The average molecular weight is 340 g/mol. The summed E-state index contributed by atoms with van der Waals surface area (Å²) in [6.45, 7) is 11.6. The van der Waals surface area contributed by atoms with Gasteiger partial charge in [-0.25, -0.2) is 4.79 Å². The molecule has 0 spiro atoms. The van der Waals surface area contributed by atoms with Crippen LogP contribution in [0.4, 0.5) is 4.79 Å². The van der Waals surface area contributed by atoms with Gasteiger partial charge in [-0.1, -0.05) is 0 Å². The minimum Gasteiger partial charge on any atom is -0.373 e. The number of morpholine rings is 1. The van der Waals surface area contributed by atoms with Crippen LogP contribution in [-0.4, -0.2) is 78.8 Å². The number of nitrogens with zero attached hydrogens (tertiary/aromatic N) is 2. The van der Waals surface area contributed by atoms with Crippen molar-refractivity contribution in [3.8, 4) is 0 Å². The van der Waals surface area contributed by atoms with Crippen molar-refractivity contribution in [1.29, 1.82) is 0 Å². The lowest BCUT2D eigenvalue weighted by Crippen LogP contribution is -2.56. The third-order valence-corrected chi connectivity index (χ3v) is 4.83. The van der Waals surface area contributed by atoms with Gasteiger partial charge in [0.05, 0.1) is 18.2 Å². The molecule has 3 amide bonds. The molecule has 2 rings (SSSR count). The highest BCUT2D eigenvalue weighted by Crippen LogP contribution is 2.15. The second kappa shape index (κ2) is 8.67. The van der Waals surface area contributed by atoms with Gasteiger partial charge >= 0.3 is 6.03 Å². The predicted molar refractivity (Wildman–Crippen MR) is 92.9 cm³/mol. The Bertz CT molecular complexity index is 428. The van der Waals surface area contributed by atoms with Gasteiger partial charge in [-0.2, -0.15) is 0 Å². The maximum absolute atomic E-state index is 12.6. The summed E-state index contributed by atoms with van der Waals surface area (Å²) in [5, 5.41) is 5.98. The molecule has 0 unspecified atom stereocenters. The predicted octanol–water partition coefficient (Wildman–Crippen LogP) is 0.794. The Morgan fingerprint density at radius 2 is 1.75 bits per heavy atom. The van der Waals surface area contributed by atoms with Crippen LogP contribution >= 0.6 is 0 Å². The maximum atomic E-state index is 12.6. The van der Waals surface area contributed by atoms with Crippen LogP contribution in [-0.2, 0) is 9.53 Å². The van der Waals surface area contributed by atoms with E-state index in [1.54, 1.807) is 0 Å². The van der Waals surface area contributed by atoms with Crippen LogP contribution in [0.5, 0.6) is 0 Å². The first kappa shape index (κ1) is 19.0. The SMILES string of the molecule is CCNC(=O)N1CCC(NC(=O)[C@H](C)N2C[C@@H](C)O[C@@H](C)C2)CC1. The Morgan fingerprint density at radius 1 is 1.17 bits per heavy atom. The van der Waals surface area contributed by atoms with Gasteiger partial charge in [0.15, 0.2) is 0 Å². The van der Waals surface area contributed by atoms with Gasteiger partial charge in [0, 0.05) is 38.8 Å². The monoisotopic (exact) mass is 340 g/mol. The Balaban J connectivity index is 1.77. The number of hydrogen-bond donors (Lipinski definition) is 2. The fourth-order valence-corrected chi connectivity index (χ4v) is 3.51. The first-order chi connectivity index (χ1) is 11.4. The number of urea groups is 1. The molecule has 24 heavy (non-hydrogen) atoms. The summed E-state index contributed by atoms with van der Waals surface area (Å²) in [4.78, 5) is 28.4. The van der Waals surface area contributed by atoms with E-state index in [2.05, 4.69) is 15.5 Å². The van der Waals surface area contributed by atoms with Crippen LogP contribution in [0.25, 0.3) is 0 Å². The number of amides is 3. The van der Waals surface area contributed by atoms with E-state index in [4.69, 9.17) is 4.74 Å². The van der Waals surface area contributed by atoms with Crippen molar-refractivity contribution in [3.63, 3.8) is 0 Å². The molecule has 0 aromatic carbocycles. The lowest BCUT2D eigenvalue weighted by molar-refractivity contribution is -0.132. The highest BCUT2D eigenvalue weighted by atomic mass is 16.5. The largest absolute Gasteiger partial charge is 0.373 e. The highest BCUT2D eigenvalue weighted by molar-refractivity contribution is 5.81. The number of carbonyl (C=O) groups excluding carboxylic acids is 2. The van der Waals surface area contributed by atoms with Crippen LogP contribution in [0.1, 0.15) is 40.5 Å².